The Morgan fingerprint density at radius 1 is 1.12 bits per heavy atom. The highest BCUT2D eigenvalue weighted by molar-refractivity contribution is 5.83. The second-order valence-electron chi connectivity index (χ2n) is 6.52. The molecule has 24 heavy (non-hydrogen) atoms. The van der Waals surface area contributed by atoms with Gasteiger partial charge in [0.15, 0.2) is 11.5 Å². The highest BCUT2D eigenvalue weighted by Gasteiger charge is 2.32. The minimum absolute atomic E-state index is 0.463. The number of ether oxygens (including phenoxy) is 1. The van der Waals surface area contributed by atoms with E-state index in [1.165, 1.54) is 0 Å². The van der Waals surface area contributed by atoms with Crippen molar-refractivity contribution in [1.82, 2.24) is 30.1 Å². The molecule has 0 bridgehead atoms. The zero-order valence-electron chi connectivity index (χ0n) is 13.5. The summed E-state index contributed by atoms with van der Waals surface area (Å²) in [4.78, 5) is 18.4. The fraction of sp³-hybridized carbons (Fsp3) is 0.471. The van der Waals surface area contributed by atoms with Crippen molar-refractivity contribution >= 4 is 11.0 Å². The van der Waals surface area contributed by atoms with Crippen molar-refractivity contribution in [3.8, 4) is 17.3 Å². The van der Waals surface area contributed by atoms with Gasteiger partial charge in [-0.3, -0.25) is 5.10 Å². The first-order chi connectivity index (χ1) is 11.8. The molecule has 7 heteroatoms. The molecular weight excluding hydrogens is 304 g/mol. The molecule has 0 aliphatic heterocycles. The molecule has 5 rings (SSSR count). The van der Waals surface area contributed by atoms with E-state index in [-0.39, 0.29) is 0 Å². The monoisotopic (exact) mass is 322 g/mol. The van der Waals surface area contributed by atoms with Gasteiger partial charge in [-0.05, 0) is 38.5 Å². The van der Waals surface area contributed by atoms with Gasteiger partial charge in [-0.2, -0.15) is 5.10 Å². The van der Waals surface area contributed by atoms with Crippen LogP contribution in [0.2, 0.25) is 0 Å². The van der Waals surface area contributed by atoms with Crippen LogP contribution in [0.4, 0.5) is 0 Å². The summed E-state index contributed by atoms with van der Waals surface area (Å²) < 4.78 is 5.49. The molecular formula is C17H18N6O. The lowest BCUT2D eigenvalue weighted by molar-refractivity contribution is 0.397. The lowest BCUT2D eigenvalue weighted by Crippen LogP contribution is -2.04. The van der Waals surface area contributed by atoms with E-state index in [9.17, 15) is 0 Å². The molecule has 122 valence electrons. The summed E-state index contributed by atoms with van der Waals surface area (Å²) in [6.45, 7) is 0. The summed E-state index contributed by atoms with van der Waals surface area (Å²) in [5.74, 6) is 1.64. The second-order valence-corrected chi connectivity index (χ2v) is 6.52. The molecule has 0 radical (unpaired) electrons. The van der Waals surface area contributed by atoms with Crippen LogP contribution in [0.1, 0.15) is 48.7 Å². The molecule has 0 saturated heterocycles. The van der Waals surface area contributed by atoms with Crippen molar-refractivity contribution in [1.29, 1.82) is 0 Å². The molecule has 0 unspecified atom stereocenters. The number of aryl methyl sites for hydroxylation is 2. The van der Waals surface area contributed by atoms with E-state index in [4.69, 9.17) is 14.7 Å². The quantitative estimate of drug-likeness (QED) is 0.797. The van der Waals surface area contributed by atoms with Gasteiger partial charge >= 0.3 is 0 Å². The molecule has 7 nitrogen and oxygen atoms in total. The molecule has 1 fully saturated rings. The number of H-pyrrole nitrogens is 1. The highest BCUT2D eigenvalue weighted by atomic mass is 16.5. The Morgan fingerprint density at radius 2 is 2.00 bits per heavy atom. The predicted octanol–water partition coefficient (Wildman–Crippen LogP) is 2.57. The summed E-state index contributed by atoms with van der Waals surface area (Å²) in [6.07, 6.45) is 8.10. The van der Waals surface area contributed by atoms with Gasteiger partial charge in [-0.1, -0.05) is 0 Å². The van der Waals surface area contributed by atoms with Crippen molar-refractivity contribution in [2.45, 2.75) is 44.4 Å². The molecule has 3 aromatic rings. The van der Waals surface area contributed by atoms with E-state index < -0.39 is 0 Å². The molecule has 3 aromatic heterocycles. The van der Waals surface area contributed by atoms with Crippen LogP contribution in [0.3, 0.4) is 0 Å². The molecule has 0 spiro atoms. The van der Waals surface area contributed by atoms with Crippen LogP contribution in [0.15, 0.2) is 6.33 Å². The normalized spacial score (nSPS) is 17.0. The minimum atomic E-state index is 0.463. The Bertz CT molecular complexity index is 930. The van der Waals surface area contributed by atoms with E-state index in [1.807, 2.05) is 0 Å². The molecule has 1 saturated carbocycles. The zero-order valence-corrected chi connectivity index (χ0v) is 13.5. The maximum atomic E-state index is 5.49. The van der Waals surface area contributed by atoms with Gasteiger partial charge in [0.2, 0.25) is 5.88 Å². The zero-order chi connectivity index (χ0) is 16.1. The third-order valence-corrected chi connectivity index (χ3v) is 4.88. The third kappa shape index (κ3) is 2.07. The van der Waals surface area contributed by atoms with Crippen molar-refractivity contribution in [3.63, 3.8) is 0 Å². The van der Waals surface area contributed by atoms with E-state index in [1.54, 1.807) is 13.4 Å². The number of rotatable bonds is 3. The Balaban J connectivity index is 1.76. The average molecular weight is 322 g/mol. The van der Waals surface area contributed by atoms with Crippen molar-refractivity contribution < 1.29 is 4.74 Å². The van der Waals surface area contributed by atoms with Crippen LogP contribution < -0.4 is 4.74 Å². The number of hydrogen-bond acceptors (Lipinski definition) is 6. The predicted molar refractivity (Wildman–Crippen MR) is 87.9 cm³/mol. The first kappa shape index (κ1) is 13.8. The van der Waals surface area contributed by atoms with Crippen LogP contribution >= 0.6 is 0 Å². The van der Waals surface area contributed by atoms with Crippen molar-refractivity contribution in [3.05, 3.63) is 23.4 Å². The molecule has 0 atom stereocenters. The Hall–Kier alpha value is -2.57. The van der Waals surface area contributed by atoms with Crippen LogP contribution in [-0.2, 0) is 12.8 Å². The number of aromatic nitrogens is 6. The smallest absolute Gasteiger partial charge is 0.227 e. The molecule has 0 aromatic carbocycles. The second kappa shape index (κ2) is 5.22. The van der Waals surface area contributed by atoms with Crippen molar-refractivity contribution in [2.24, 2.45) is 0 Å². The maximum absolute atomic E-state index is 5.49. The fourth-order valence-corrected chi connectivity index (χ4v) is 3.54. The highest BCUT2D eigenvalue weighted by Crippen LogP contribution is 2.45. The van der Waals surface area contributed by atoms with E-state index in [2.05, 4.69) is 20.2 Å². The molecule has 1 N–H and O–H groups in total. The summed E-state index contributed by atoms with van der Waals surface area (Å²) in [5, 5.41) is 8.64. The van der Waals surface area contributed by atoms with Gasteiger partial charge in [0.05, 0.1) is 23.9 Å². The molecule has 2 aliphatic carbocycles. The minimum Gasteiger partial charge on any atom is -0.480 e. The fourth-order valence-electron chi connectivity index (χ4n) is 3.54. The van der Waals surface area contributed by atoms with Gasteiger partial charge in [0, 0.05) is 11.6 Å². The average Bonchev–Trinajstić information content (AvgIpc) is 3.40. The number of nitrogens with one attached hydrogen (secondary N) is 1. The summed E-state index contributed by atoms with van der Waals surface area (Å²) in [7, 11) is 1.63. The summed E-state index contributed by atoms with van der Waals surface area (Å²) >= 11 is 0. The third-order valence-electron chi connectivity index (χ3n) is 4.88. The first-order valence-electron chi connectivity index (χ1n) is 8.48. The summed E-state index contributed by atoms with van der Waals surface area (Å²) in [6, 6.07) is 0. The molecule has 2 aliphatic rings. The Kier molecular flexibility index (Phi) is 3.01. The lowest BCUT2D eigenvalue weighted by atomic mass is 10.1. The van der Waals surface area contributed by atoms with Crippen LogP contribution in [0, 0.1) is 0 Å². The van der Waals surface area contributed by atoms with Crippen molar-refractivity contribution in [2.75, 3.05) is 7.11 Å². The maximum Gasteiger partial charge on any atom is 0.227 e. The lowest BCUT2D eigenvalue weighted by Gasteiger charge is -2.11. The van der Waals surface area contributed by atoms with Gasteiger partial charge in [-0.15, -0.1) is 0 Å². The Morgan fingerprint density at radius 3 is 2.83 bits per heavy atom. The van der Waals surface area contributed by atoms with Gasteiger partial charge in [0.25, 0.3) is 0 Å². The van der Waals surface area contributed by atoms with Gasteiger partial charge in [-0.25, -0.2) is 19.9 Å². The summed E-state index contributed by atoms with van der Waals surface area (Å²) in [5.41, 5.74) is 4.79. The first-order valence-corrected chi connectivity index (χ1v) is 8.48. The van der Waals surface area contributed by atoms with Gasteiger partial charge < -0.3 is 4.74 Å². The number of aromatic amines is 1. The van der Waals surface area contributed by atoms with E-state index in [0.717, 1.165) is 72.2 Å². The van der Waals surface area contributed by atoms with E-state index in [0.29, 0.717) is 17.6 Å². The van der Waals surface area contributed by atoms with E-state index >= 15 is 0 Å². The number of nitrogens with zero attached hydrogens (tertiary/aromatic N) is 5. The number of methoxy groups -OCH3 is 1. The van der Waals surface area contributed by atoms with Crippen LogP contribution in [0.25, 0.3) is 22.4 Å². The SMILES string of the molecule is COc1ncnc(C2CC2)c1-c1nc2c3c([nH]nc3n1)CCCC2. The Labute approximate surface area is 138 Å². The topological polar surface area (TPSA) is 89.5 Å². The molecule has 3 heterocycles. The largest absolute Gasteiger partial charge is 0.480 e. The standard InChI is InChI=1S/C17H18N6O/c1-24-17-13(14(9-6-7-9)18-8-19-17)15-20-10-4-2-3-5-11-12(10)16(21-15)23-22-11/h8-9H,2-7H2,1H3,(H,20,21,22,23). The molecule has 0 amide bonds. The van der Waals surface area contributed by atoms with Crippen LogP contribution in [-0.4, -0.2) is 37.2 Å². The van der Waals surface area contributed by atoms with Gasteiger partial charge in [0.1, 0.15) is 11.9 Å². The number of hydrogen-bond donors (Lipinski definition) is 1. The van der Waals surface area contributed by atoms with Crippen LogP contribution in [0.5, 0.6) is 5.88 Å².